The van der Waals surface area contributed by atoms with Gasteiger partial charge in [-0.15, -0.1) is 0 Å². The van der Waals surface area contributed by atoms with Gasteiger partial charge in [0.15, 0.2) is 4.77 Å². The zero-order valence-corrected chi connectivity index (χ0v) is 5.96. The normalized spacial score (nSPS) is 14.4. The summed E-state index contributed by atoms with van der Waals surface area (Å²) < 4.78 is 0.642. The van der Waals surface area contributed by atoms with E-state index in [1.165, 1.54) is 0 Å². The number of aromatic amines is 2. The van der Waals surface area contributed by atoms with Crippen molar-refractivity contribution < 1.29 is 0 Å². The maximum atomic E-state index is 4.87. The van der Waals surface area contributed by atoms with Crippen molar-refractivity contribution in [2.75, 3.05) is 5.32 Å². The Kier molecular flexibility index (Phi) is 1.10. The average Bonchev–Trinajstić information content (AvgIpc) is 2.27. The minimum absolute atomic E-state index is 0.642. The molecule has 0 amide bonds. The Morgan fingerprint density at radius 2 is 2.40 bits per heavy atom. The van der Waals surface area contributed by atoms with Crippen LogP contribution in [0.25, 0.3) is 0 Å². The topological polar surface area (TPSA) is 56.0 Å². The van der Waals surface area contributed by atoms with Crippen molar-refractivity contribution in [1.29, 1.82) is 0 Å². The first-order chi connectivity index (χ1) is 4.86. The number of H-pyrrole nitrogens is 2. The van der Waals surface area contributed by atoms with Gasteiger partial charge in [0.05, 0.1) is 18.6 Å². The van der Waals surface area contributed by atoms with Crippen molar-refractivity contribution in [3.05, 3.63) is 10.5 Å². The average molecular weight is 154 g/mol. The summed E-state index contributed by atoms with van der Waals surface area (Å²) in [7, 11) is 0. The van der Waals surface area contributed by atoms with Gasteiger partial charge in [0.1, 0.15) is 5.82 Å². The lowest BCUT2D eigenvalue weighted by Crippen LogP contribution is -2.03. The summed E-state index contributed by atoms with van der Waals surface area (Å²) in [5.41, 5.74) is 1.02. The summed E-state index contributed by atoms with van der Waals surface area (Å²) in [5.74, 6) is 0.931. The Morgan fingerprint density at radius 3 is 3.20 bits per heavy atom. The number of nitrogens with one attached hydrogen (secondary N) is 3. The lowest BCUT2D eigenvalue weighted by Gasteiger charge is -2.03. The Hall–Kier alpha value is -1.10. The van der Waals surface area contributed by atoms with Gasteiger partial charge in [-0.3, -0.25) is 4.99 Å². The zero-order chi connectivity index (χ0) is 6.97. The molecule has 0 radical (unpaired) electrons. The molecule has 0 bridgehead atoms. The number of fused-ring (bicyclic) bond motifs is 1. The largest absolute Gasteiger partial charge is 0.331 e. The summed E-state index contributed by atoms with van der Waals surface area (Å²) in [6.07, 6.45) is 1.65. The number of hydrogen-bond donors (Lipinski definition) is 3. The number of rotatable bonds is 0. The fraction of sp³-hybridized carbons (Fsp3) is 0.200. The number of nitrogens with zero attached hydrogens (tertiary/aromatic N) is 1. The van der Waals surface area contributed by atoms with Crippen LogP contribution in [-0.4, -0.2) is 16.3 Å². The van der Waals surface area contributed by atoms with Crippen molar-refractivity contribution >= 4 is 24.4 Å². The van der Waals surface area contributed by atoms with E-state index < -0.39 is 0 Å². The van der Waals surface area contributed by atoms with Gasteiger partial charge in [-0.1, -0.05) is 0 Å². The van der Waals surface area contributed by atoms with Crippen molar-refractivity contribution in [2.24, 2.45) is 4.99 Å². The van der Waals surface area contributed by atoms with Crippen molar-refractivity contribution in [2.45, 2.75) is 6.54 Å². The molecule has 52 valence electrons. The van der Waals surface area contributed by atoms with Gasteiger partial charge in [-0.25, -0.2) is 0 Å². The van der Waals surface area contributed by atoms with E-state index in [1.54, 1.807) is 6.34 Å². The quantitative estimate of drug-likeness (QED) is 0.489. The van der Waals surface area contributed by atoms with E-state index >= 15 is 0 Å². The van der Waals surface area contributed by atoms with Gasteiger partial charge in [0, 0.05) is 0 Å². The fourth-order valence-electron chi connectivity index (χ4n) is 0.909. The molecule has 0 aliphatic carbocycles. The highest BCUT2D eigenvalue weighted by molar-refractivity contribution is 7.71. The Morgan fingerprint density at radius 1 is 1.50 bits per heavy atom. The van der Waals surface area contributed by atoms with Crippen molar-refractivity contribution in [1.82, 2.24) is 9.97 Å². The summed E-state index contributed by atoms with van der Waals surface area (Å²) >= 11 is 4.87. The first kappa shape index (κ1) is 5.67. The highest BCUT2D eigenvalue weighted by Crippen LogP contribution is 2.12. The van der Waals surface area contributed by atoms with Crippen LogP contribution in [0.1, 0.15) is 5.69 Å². The summed E-state index contributed by atoms with van der Waals surface area (Å²) in [5, 5.41) is 2.94. The van der Waals surface area contributed by atoms with Gasteiger partial charge in [-0.05, 0) is 12.2 Å². The van der Waals surface area contributed by atoms with Crippen molar-refractivity contribution in [3.8, 4) is 0 Å². The highest BCUT2D eigenvalue weighted by Gasteiger charge is 2.05. The molecule has 2 heterocycles. The molecule has 1 aliphatic rings. The first-order valence-electron chi connectivity index (χ1n) is 2.92. The van der Waals surface area contributed by atoms with E-state index in [0.717, 1.165) is 11.5 Å². The number of anilines is 1. The third-order valence-corrected chi connectivity index (χ3v) is 1.56. The van der Waals surface area contributed by atoms with Gasteiger partial charge < -0.3 is 15.3 Å². The van der Waals surface area contributed by atoms with E-state index in [1.807, 2.05) is 0 Å². The minimum Gasteiger partial charge on any atom is -0.331 e. The molecule has 2 rings (SSSR count). The number of aliphatic imine (C=N–C) groups is 1. The maximum absolute atomic E-state index is 4.87. The second kappa shape index (κ2) is 1.95. The van der Waals surface area contributed by atoms with Crippen LogP contribution in [0, 0.1) is 4.77 Å². The molecule has 0 atom stereocenters. The van der Waals surface area contributed by atoms with E-state index in [9.17, 15) is 0 Å². The lowest BCUT2D eigenvalue weighted by molar-refractivity contribution is 1.00. The summed E-state index contributed by atoms with van der Waals surface area (Å²) in [6, 6.07) is 0. The van der Waals surface area contributed by atoms with Crippen LogP contribution < -0.4 is 5.32 Å². The van der Waals surface area contributed by atoms with Crippen LogP contribution in [0.2, 0.25) is 0 Å². The van der Waals surface area contributed by atoms with Crippen LogP contribution in [0.4, 0.5) is 5.82 Å². The molecule has 1 aromatic heterocycles. The number of hydrogen-bond acceptors (Lipinski definition) is 3. The van der Waals surface area contributed by atoms with Crippen LogP contribution >= 0.6 is 12.2 Å². The molecule has 0 fully saturated rings. The van der Waals surface area contributed by atoms with E-state index in [-0.39, 0.29) is 0 Å². The molecule has 4 nitrogen and oxygen atoms in total. The van der Waals surface area contributed by atoms with Gasteiger partial charge in [-0.2, -0.15) is 0 Å². The first-order valence-corrected chi connectivity index (χ1v) is 3.33. The van der Waals surface area contributed by atoms with Crippen LogP contribution in [-0.2, 0) is 6.54 Å². The molecule has 3 N–H and O–H groups in total. The predicted octanol–water partition coefficient (Wildman–Crippen LogP) is 1.03. The number of aromatic nitrogens is 2. The van der Waals surface area contributed by atoms with Crippen LogP contribution in [0.3, 0.4) is 0 Å². The van der Waals surface area contributed by atoms with Crippen LogP contribution in [0.15, 0.2) is 4.99 Å². The molecule has 1 aromatic rings. The zero-order valence-electron chi connectivity index (χ0n) is 5.14. The molecular weight excluding hydrogens is 148 g/mol. The monoisotopic (exact) mass is 154 g/mol. The highest BCUT2D eigenvalue weighted by atomic mass is 32.1. The third-order valence-electron chi connectivity index (χ3n) is 1.35. The molecule has 0 saturated heterocycles. The Bertz CT molecular complexity index is 292. The third kappa shape index (κ3) is 0.750. The second-order valence-corrected chi connectivity index (χ2v) is 2.46. The minimum atomic E-state index is 0.642. The molecule has 0 saturated carbocycles. The Balaban J connectivity index is 2.56. The van der Waals surface area contributed by atoms with Gasteiger partial charge >= 0.3 is 0 Å². The van der Waals surface area contributed by atoms with Gasteiger partial charge in [0.2, 0.25) is 0 Å². The molecule has 0 spiro atoms. The summed E-state index contributed by atoms with van der Waals surface area (Å²) in [4.78, 5) is 9.93. The molecule has 1 aliphatic heterocycles. The van der Waals surface area contributed by atoms with Gasteiger partial charge in [0.25, 0.3) is 0 Å². The smallest absolute Gasteiger partial charge is 0.176 e. The SMILES string of the molecule is S=c1[nH]c2c([nH]1)NC=NC2. The molecule has 10 heavy (non-hydrogen) atoms. The second-order valence-electron chi connectivity index (χ2n) is 2.05. The van der Waals surface area contributed by atoms with E-state index in [0.29, 0.717) is 11.3 Å². The van der Waals surface area contributed by atoms with Crippen molar-refractivity contribution in [3.63, 3.8) is 0 Å². The predicted molar refractivity (Wildman–Crippen MR) is 41.8 cm³/mol. The maximum Gasteiger partial charge on any atom is 0.176 e. The Labute approximate surface area is 62.4 Å². The number of imidazole rings is 1. The van der Waals surface area contributed by atoms with E-state index in [4.69, 9.17) is 12.2 Å². The van der Waals surface area contributed by atoms with E-state index in [2.05, 4.69) is 20.3 Å². The molecular formula is C5H6N4S. The fourth-order valence-corrected chi connectivity index (χ4v) is 1.13. The lowest BCUT2D eigenvalue weighted by atomic mass is 10.4. The summed E-state index contributed by atoms with van der Waals surface area (Å²) in [6.45, 7) is 0.676. The molecule has 0 aromatic carbocycles. The molecule has 0 unspecified atom stereocenters. The van der Waals surface area contributed by atoms with Crippen LogP contribution in [0.5, 0.6) is 0 Å². The molecule has 5 heteroatoms. The standard InChI is InChI=1S/C5H6N4S/c10-5-8-3-1-6-2-7-4(3)9-5/h2H,1H2,(H,6,7)(H2,8,9,10).